The molecular weight excluding hydrogens is 354 g/mol. The summed E-state index contributed by atoms with van der Waals surface area (Å²) >= 11 is 0. The summed E-state index contributed by atoms with van der Waals surface area (Å²) in [5.41, 5.74) is 3.37. The van der Waals surface area contributed by atoms with Gasteiger partial charge in [0, 0.05) is 44.3 Å². The maximum atomic E-state index is 13.1. The van der Waals surface area contributed by atoms with Crippen molar-refractivity contribution >= 4 is 16.9 Å². The average Bonchev–Trinajstić information content (AvgIpc) is 3.45. The number of aryl methyl sites for hydroxylation is 2. The van der Waals surface area contributed by atoms with Gasteiger partial charge in [0.05, 0.1) is 28.9 Å². The topological polar surface area (TPSA) is 72.3 Å². The molecule has 1 saturated carbocycles. The molecule has 2 aromatic rings. The fourth-order valence-electron chi connectivity index (χ4n) is 4.27. The molecular formula is C21H31N5O2. The van der Waals surface area contributed by atoms with E-state index in [9.17, 15) is 4.79 Å². The lowest BCUT2D eigenvalue weighted by atomic mass is 10.1. The summed E-state index contributed by atoms with van der Waals surface area (Å²) in [6, 6.07) is 2.24. The van der Waals surface area contributed by atoms with Crippen molar-refractivity contribution in [1.29, 1.82) is 0 Å². The lowest BCUT2D eigenvalue weighted by molar-refractivity contribution is -0.0778. The maximum absolute atomic E-state index is 13.1. The zero-order valence-corrected chi connectivity index (χ0v) is 17.5. The fourth-order valence-corrected chi connectivity index (χ4v) is 4.27. The molecule has 3 unspecified atom stereocenters. The first-order valence-electron chi connectivity index (χ1n) is 10.4. The molecule has 2 fully saturated rings. The molecule has 0 bridgehead atoms. The van der Waals surface area contributed by atoms with Crippen LogP contribution in [0.2, 0.25) is 0 Å². The van der Waals surface area contributed by atoms with E-state index in [0.29, 0.717) is 18.0 Å². The predicted molar refractivity (Wildman–Crippen MR) is 109 cm³/mol. The molecule has 1 N–H and O–H groups in total. The van der Waals surface area contributed by atoms with Crippen LogP contribution in [0.3, 0.4) is 0 Å². The average molecular weight is 386 g/mol. The summed E-state index contributed by atoms with van der Waals surface area (Å²) < 4.78 is 7.61. The van der Waals surface area contributed by atoms with E-state index in [-0.39, 0.29) is 24.2 Å². The van der Waals surface area contributed by atoms with Gasteiger partial charge in [-0.15, -0.1) is 0 Å². The third-order valence-electron chi connectivity index (χ3n) is 5.86. The van der Waals surface area contributed by atoms with Gasteiger partial charge in [-0.25, -0.2) is 4.98 Å². The molecule has 3 heterocycles. The second-order valence-corrected chi connectivity index (χ2v) is 8.55. The van der Waals surface area contributed by atoms with Gasteiger partial charge >= 0.3 is 0 Å². The van der Waals surface area contributed by atoms with E-state index in [1.807, 2.05) is 20.0 Å². The number of aromatic nitrogens is 3. The Balaban J connectivity index is 1.52. The van der Waals surface area contributed by atoms with Crippen molar-refractivity contribution in [2.24, 2.45) is 7.05 Å². The van der Waals surface area contributed by atoms with Crippen LogP contribution in [0, 0.1) is 6.92 Å². The number of pyridine rings is 1. The van der Waals surface area contributed by atoms with E-state index in [2.05, 4.69) is 36.1 Å². The van der Waals surface area contributed by atoms with Crippen LogP contribution in [0.15, 0.2) is 6.07 Å². The largest absolute Gasteiger partial charge is 0.373 e. The Morgan fingerprint density at radius 1 is 1.32 bits per heavy atom. The molecule has 4 rings (SSSR count). The molecule has 7 nitrogen and oxygen atoms in total. The van der Waals surface area contributed by atoms with Gasteiger partial charge in [0.15, 0.2) is 5.65 Å². The molecule has 0 spiro atoms. The SMILES string of the molecule is Cc1nn(C)c2nc(C3CC3)cc(C(=O)NCC(C)N3CC(C)OC(C)C3)c12. The zero-order chi connectivity index (χ0) is 20.0. The van der Waals surface area contributed by atoms with Crippen LogP contribution in [0.1, 0.15) is 61.3 Å². The van der Waals surface area contributed by atoms with Gasteiger partial charge in [0.2, 0.25) is 0 Å². The van der Waals surface area contributed by atoms with Gasteiger partial charge in [-0.3, -0.25) is 14.4 Å². The van der Waals surface area contributed by atoms with Gasteiger partial charge in [0.1, 0.15) is 0 Å². The Labute approximate surface area is 166 Å². The summed E-state index contributed by atoms with van der Waals surface area (Å²) in [4.78, 5) is 20.3. The highest BCUT2D eigenvalue weighted by atomic mass is 16.5. The minimum Gasteiger partial charge on any atom is -0.373 e. The Kier molecular flexibility index (Phi) is 5.14. The standard InChI is InChI=1S/C21H31N5O2/c1-12(26-10-13(2)28-14(3)11-26)9-22-21(27)17-8-18(16-6-7-16)23-20-19(17)15(4)24-25(20)5/h8,12-14,16H,6-7,9-11H2,1-5H3,(H,22,27). The Bertz CT molecular complexity index is 879. The van der Waals surface area contributed by atoms with Gasteiger partial charge in [0.25, 0.3) is 5.91 Å². The normalized spacial score (nSPS) is 24.5. The number of hydrogen-bond donors (Lipinski definition) is 1. The van der Waals surface area contributed by atoms with E-state index in [0.717, 1.165) is 48.4 Å². The molecule has 1 aliphatic heterocycles. The third kappa shape index (κ3) is 3.78. The van der Waals surface area contributed by atoms with E-state index in [1.165, 1.54) is 0 Å². The number of carbonyl (C=O) groups excluding carboxylic acids is 1. The van der Waals surface area contributed by atoms with E-state index < -0.39 is 0 Å². The summed E-state index contributed by atoms with van der Waals surface area (Å²) in [5, 5.41) is 8.51. The molecule has 0 aromatic carbocycles. The highest BCUT2D eigenvalue weighted by Gasteiger charge is 2.29. The highest BCUT2D eigenvalue weighted by molar-refractivity contribution is 6.06. The number of amides is 1. The number of nitrogens with one attached hydrogen (secondary N) is 1. The van der Waals surface area contributed by atoms with Crippen molar-refractivity contribution in [2.45, 2.75) is 64.7 Å². The van der Waals surface area contributed by atoms with E-state index in [1.54, 1.807) is 4.68 Å². The number of nitrogens with zero attached hydrogens (tertiary/aromatic N) is 4. The summed E-state index contributed by atoms with van der Waals surface area (Å²) in [5.74, 6) is 0.452. The molecule has 3 atom stereocenters. The lowest BCUT2D eigenvalue weighted by Crippen LogP contribution is -2.52. The first-order chi connectivity index (χ1) is 13.3. The van der Waals surface area contributed by atoms with Crippen molar-refractivity contribution < 1.29 is 9.53 Å². The smallest absolute Gasteiger partial charge is 0.252 e. The molecule has 2 aliphatic rings. The molecule has 28 heavy (non-hydrogen) atoms. The van der Waals surface area contributed by atoms with Crippen molar-refractivity contribution in [3.8, 4) is 0 Å². The number of morpholine rings is 1. The van der Waals surface area contributed by atoms with Crippen LogP contribution >= 0.6 is 0 Å². The second-order valence-electron chi connectivity index (χ2n) is 8.55. The monoisotopic (exact) mass is 385 g/mol. The number of carbonyl (C=O) groups is 1. The van der Waals surface area contributed by atoms with E-state index in [4.69, 9.17) is 9.72 Å². The molecule has 152 valence electrons. The van der Waals surface area contributed by atoms with Crippen molar-refractivity contribution in [3.63, 3.8) is 0 Å². The third-order valence-corrected chi connectivity index (χ3v) is 5.86. The summed E-state index contributed by atoms with van der Waals surface area (Å²) in [6.07, 6.45) is 2.75. The van der Waals surface area contributed by atoms with Crippen LogP contribution < -0.4 is 5.32 Å². The van der Waals surface area contributed by atoms with Crippen LogP contribution in [-0.4, -0.2) is 63.5 Å². The fraction of sp³-hybridized carbons (Fsp3) is 0.667. The number of hydrogen-bond acceptors (Lipinski definition) is 5. The number of fused-ring (bicyclic) bond motifs is 1. The predicted octanol–water partition coefficient (Wildman–Crippen LogP) is 2.38. The van der Waals surface area contributed by atoms with Crippen molar-refractivity contribution in [3.05, 3.63) is 23.0 Å². The van der Waals surface area contributed by atoms with Gasteiger partial charge in [-0.2, -0.15) is 5.10 Å². The van der Waals surface area contributed by atoms with Crippen LogP contribution in [0.5, 0.6) is 0 Å². The molecule has 7 heteroatoms. The molecule has 0 radical (unpaired) electrons. The van der Waals surface area contributed by atoms with Crippen LogP contribution in [0.25, 0.3) is 11.0 Å². The molecule has 2 aromatic heterocycles. The Morgan fingerprint density at radius 2 is 2.00 bits per heavy atom. The Hall–Kier alpha value is -1.99. The zero-order valence-electron chi connectivity index (χ0n) is 17.5. The Morgan fingerprint density at radius 3 is 2.64 bits per heavy atom. The minimum absolute atomic E-state index is 0.0355. The molecule has 1 aliphatic carbocycles. The van der Waals surface area contributed by atoms with E-state index >= 15 is 0 Å². The second kappa shape index (κ2) is 7.44. The number of rotatable bonds is 5. The molecule has 1 saturated heterocycles. The van der Waals surface area contributed by atoms with Gasteiger partial charge < -0.3 is 10.1 Å². The molecule has 1 amide bonds. The first-order valence-corrected chi connectivity index (χ1v) is 10.4. The highest BCUT2D eigenvalue weighted by Crippen LogP contribution is 2.40. The maximum Gasteiger partial charge on any atom is 0.252 e. The summed E-state index contributed by atoms with van der Waals surface area (Å²) in [7, 11) is 1.89. The minimum atomic E-state index is -0.0355. The van der Waals surface area contributed by atoms with Crippen molar-refractivity contribution in [2.75, 3.05) is 19.6 Å². The van der Waals surface area contributed by atoms with Gasteiger partial charge in [-0.05, 0) is 46.6 Å². The number of ether oxygens (including phenoxy) is 1. The summed E-state index contributed by atoms with van der Waals surface area (Å²) in [6.45, 7) is 10.7. The van der Waals surface area contributed by atoms with Crippen LogP contribution in [0.4, 0.5) is 0 Å². The quantitative estimate of drug-likeness (QED) is 0.856. The van der Waals surface area contributed by atoms with Crippen molar-refractivity contribution in [1.82, 2.24) is 25.0 Å². The van der Waals surface area contributed by atoms with Gasteiger partial charge in [-0.1, -0.05) is 0 Å². The lowest BCUT2D eigenvalue weighted by Gasteiger charge is -2.39. The van der Waals surface area contributed by atoms with Crippen LogP contribution in [-0.2, 0) is 11.8 Å². The first kappa shape index (κ1) is 19.3.